The molecule has 0 aromatic heterocycles. The van der Waals surface area contributed by atoms with Crippen molar-refractivity contribution in [2.75, 3.05) is 13.2 Å². The zero-order valence-electron chi connectivity index (χ0n) is 9.20. The fourth-order valence-electron chi connectivity index (χ4n) is 1.76. The molecule has 0 radical (unpaired) electrons. The Morgan fingerprint density at radius 1 is 1.44 bits per heavy atom. The molecule has 1 fully saturated rings. The Bertz CT molecular complexity index is 400. The van der Waals surface area contributed by atoms with Gasteiger partial charge >= 0.3 is 0 Å². The quantitative estimate of drug-likeness (QED) is 0.754. The molecule has 2 rings (SSSR count). The minimum absolute atomic E-state index is 0.0751. The number of aryl methyl sites for hydroxylation is 1. The van der Waals surface area contributed by atoms with E-state index in [-0.39, 0.29) is 5.91 Å². The minimum atomic E-state index is -0.0751. The summed E-state index contributed by atoms with van der Waals surface area (Å²) in [5, 5.41) is 2.09. The first kappa shape index (κ1) is 11.4. The highest BCUT2D eigenvalue weighted by molar-refractivity contribution is 6.30. The summed E-state index contributed by atoms with van der Waals surface area (Å²) >= 11 is 5.85. The van der Waals surface area contributed by atoms with Crippen molar-refractivity contribution >= 4 is 17.5 Å². The van der Waals surface area contributed by atoms with Crippen molar-refractivity contribution in [1.82, 2.24) is 5.06 Å². The number of carbonyl (C=O) groups is 1. The number of halogens is 1. The molecule has 0 unspecified atom stereocenters. The molecule has 1 aliphatic rings. The third kappa shape index (κ3) is 2.36. The van der Waals surface area contributed by atoms with E-state index in [9.17, 15) is 4.79 Å². The van der Waals surface area contributed by atoms with Gasteiger partial charge in [-0.05, 0) is 43.5 Å². The molecule has 0 spiro atoms. The molecule has 0 atom stereocenters. The van der Waals surface area contributed by atoms with Crippen LogP contribution in [-0.2, 0) is 4.84 Å². The van der Waals surface area contributed by atoms with Crippen molar-refractivity contribution in [3.63, 3.8) is 0 Å². The number of benzene rings is 1. The van der Waals surface area contributed by atoms with Crippen LogP contribution in [0, 0.1) is 6.92 Å². The summed E-state index contributed by atoms with van der Waals surface area (Å²) in [4.78, 5) is 17.4. The predicted octanol–water partition coefficient (Wildman–Crippen LogP) is 2.82. The lowest BCUT2D eigenvalue weighted by molar-refractivity contribution is -0.144. The van der Waals surface area contributed by atoms with Crippen LogP contribution in [0.3, 0.4) is 0 Å². The summed E-state index contributed by atoms with van der Waals surface area (Å²) < 4.78 is 0. The molecule has 1 aromatic rings. The molecule has 0 N–H and O–H groups in total. The highest BCUT2D eigenvalue weighted by atomic mass is 35.5. The third-order valence-corrected chi connectivity index (χ3v) is 2.88. The van der Waals surface area contributed by atoms with Crippen molar-refractivity contribution in [3.8, 4) is 0 Å². The molecule has 1 saturated heterocycles. The molecule has 0 bridgehead atoms. The van der Waals surface area contributed by atoms with Crippen molar-refractivity contribution in [1.29, 1.82) is 0 Å². The van der Waals surface area contributed by atoms with Crippen LogP contribution in [0.25, 0.3) is 0 Å². The van der Waals surface area contributed by atoms with Gasteiger partial charge in [0.25, 0.3) is 5.91 Å². The van der Waals surface area contributed by atoms with Gasteiger partial charge in [0.15, 0.2) is 0 Å². The van der Waals surface area contributed by atoms with Crippen LogP contribution in [0.2, 0.25) is 5.02 Å². The molecular weight excluding hydrogens is 226 g/mol. The van der Waals surface area contributed by atoms with Crippen LogP contribution in [-0.4, -0.2) is 24.1 Å². The molecule has 1 heterocycles. The Morgan fingerprint density at radius 2 is 2.25 bits per heavy atom. The van der Waals surface area contributed by atoms with Crippen LogP contribution in [0.15, 0.2) is 18.2 Å². The first-order chi connectivity index (χ1) is 7.68. The van der Waals surface area contributed by atoms with E-state index in [2.05, 4.69) is 0 Å². The summed E-state index contributed by atoms with van der Waals surface area (Å²) in [6.07, 6.45) is 2.02. The molecule has 86 valence electrons. The van der Waals surface area contributed by atoms with Gasteiger partial charge in [-0.2, -0.15) is 0 Å². The summed E-state index contributed by atoms with van der Waals surface area (Å²) in [7, 11) is 0. The minimum Gasteiger partial charge on any atom is -0.271 e. The average molecular weight is 240 g/mol. The largest absolute Gasteiger partial charge is 0.277 e. The molecular formula is C12H14ClNO2. The third-order valence-electron chi connectivity index (χ3n) is 2.65. The van der Waals surface area contributed by atoms with Crippen LogP contribution in [0.5, 0.6) is 0 Å². The highest BCUT2D eigenvalue weighted by Gasteiger charge is 2.20. The molecule has 0 saturated carbocycles. The molecule has 4 heteroatoms. The second-order valence-electron chi connectivity index (χ2n) is 3.91. The Kier molecular flexibility index (Phi) is 3.46. The molecule has 0 aliphatic carbocycles. The van der Waals surface area contributed by atoms with Gasteiger partial charge in [0.1, 0.15) is 0 Å². The van der Waals surface area contributed by atoms with Crippen molar-refractivity contribution in [3.05, 3.63) is 34.3 Å². The summed E-state index contributed by atoms with van der Waals surface area (Å²) in [5.74, 6) is -0.0751. The standard InChI is InChI=1S/C12H14ClNO2/c1-9-8-10(13)4-5-11(9)12(15)14-6-2-3-7-16-14/h4-5,8H,2-3,6-7H2,1H3. The van der Waals surface area contributed by atoms with Gasteiger partial charge in [-0.25, -0.2) is 5.06 Å². The van der Waals surface area contributed by atoms with E-state index in [1.54, 1.807) is 18.2 Å². The van der Waals surface area contributed by atoms with Crippen LogP contribution in [0.1, 0.15) is 28.8 Å². The number of hydroxylamine groups is 2. The van der Waals surface area contributed by atoms with E-state index in [1.165, 1.54) is 5.06 Å². The lowest BCUT2D eigenvalue weighted by atomic mass is 10.1. The number of amides is 1. The molecule has 1 aliphatic heterocycles. The maximum Gasteiger partial charge on any atom is 0.277 e. The van der Waals surface area contributed by atoms with E-state index in [0.29, 0.717) is 23.7 Å². The van der Waals surface area contributed by atoms with Gasteiger partial charge in [-0.1, -0.05) is 11.6 Å². The van der Waals surface area contributed by atoms with Crippen LogP contribution >= 0.6 is 11.6 Å². The zero-order chi connectivity index (χ0) is 11.5. The van der Waals surface area contributed by atoms with Crippen LogP contribution in [0.4, 0.5) is 0 Å². The van der Waals surface area contributed by atoms with E-state index in [4.69, 9.17) is 16.4 Å². The molecule has 16 heavy (non-hydrogen) atoms. The molecule has 3 nitrogen and oxygen atoms in total. The zero-order valence-corrected chi connectivity index (χ0v) is 9.96. The summed E-state index contributed by atoms with van der Waals surface area (Å²) in [5.41, 5.74) is 1.54. The number of rotatable bonds is 1. The van der Waals surface area contributed by atoms with Gasteiger partial charge in [0.2, 0.25) is 0 Å². The maximum atomic E-state index is 12.1. The first-order valence-electron chi connectivity index (χ1n) is 5.39. The Morgan fingerprint density at radius 3 is 2.88 bits per heavy atom. The second kappa shape index (κ2) is 4.85. The van der Waals surface area contributed by atoms with Gasteiger partial charge in [-0.3, -0.25) is 9.63 Å². The number of hydrogen-bond acceptors (Lipinski definition) is 2. The van der Waals surface area contributed by atoms with E-state index >= 15 is 0 Å². The SMILES string of the molecule is Cc1cc(Cl)ccc1C(=O)N1CCCCO1. The smallest absolute Gasteiger partial charge is 0.271 e. The predicted molar refractivity (Wildman–Crippen MR) is 62.4 cm³/mol. The van der Waals surface area contributed by atoms with Crippen molar-refractivity contribution in [2.45, 2.75) is 19.8 Å². The Balaban J connectivity index is 2.19. The monoisotopic (exact) mass is 239 g/mol. The van der Waals surface area contributed by atoms with E-state index < -0.39 is 0 Å². The van der Waals surface area contributed by atoms with Crippen molar-refractivity contribution < 1.29 is 9.63 Å². The van der Waals surface area contributed by atoms with Crippen LogP contribution < -0.4 is 0 Å². The normalized spacial score (nSPS) is 16.2. The Hall–Kier alpha value is -1.06. The van der Waals surface area contributed by atoms with Crippen molar-refractivity contribution in [2.24, 2.45) is 0 Å². The lowest BCUT2D eigenvalue weighted by Gasteiger charge is -2.26. The summed E-state index contributed by atoms with van der Waals surface area (Å²) in [6, 6.07) is 5.27. The highest BCUT2D eigenvalue weighted by Crippen LogP contribution is 2.18. The van der Waals surface area contributed by atoms with E-state index in [1.807, 2.05) is 6.92 Å². The van der Waals surface area contributed by atoms with Gasteiger partial charge in [0.05, 0.1) is 6.61 Å². The number of hydrogen-bond donors (Lipinski definition) is 0. The van der Waals surface area contributed by atoms with Gasteiger partial charge in [-0.15, -0.1) is 0 Å². The molecule has 1 amide bonds. The maximum absolute atomic E-state index is 12.1. The molecule has 1 aromatic carbocycles. The number of carbonyl (C=O) groups excluding carboxylic acids is 1. The van der Waals surface area contributed by atoms with Gasteiger partial charge < -0.3 is 0 Å². The lowest BCUT2D eigenvalue weighted by Crippen LogP contribution is -2.36. The van der Waals surface area contributed by atoms with E-state index in [0.717, 1.165) is 18.4 Å². The average Bonchev–Trinajstić information content (AvgIpc) is 2.29. The fourth-order valence-corrected chi connectivity index (χ4v) is 1.98. The second-order valence-corrected chi connectivity index (χ2v) is 4.34. The van der Waals surface area contributed by atoms with Gasteiger partial charge in [0, 0.05) is 17.1 Å². The number of nitrogens with zero attached hydrogens (tertiary/aromatic N) is 1. The Labute approximate surface area is 99.9 Å². The fraction of sp³-hybridized carbons (Fsp3) is 0.417. The topological polar surface area (TPSA) is 29.5 Å². The summed E-state index contributed by atoms with van der Waals surface area (Å²) in [6.45, 7) is 3.17. The first-order valence-corrected chi connectivity index (χ1v) is 5.77.